The lowest BCUT2D eigenvalue weighted by Crippen LogP contribution is -2.70. The molecule has 13 nitrogen and oxygen atoms in total. The van der Waals surface area contributed by atoms with Crippen molar-refractivity contribution >= 4 is 51.4 Å². The van der Waals surface area contributed by atoms with E-state index in [1.807, 2.05) is 0 Å². The van der Waals surface area contributed by atoms with Crippen LogP contribution in [-0.4, -0.2) is 79.0 Å². The zero-order valence-corrected chi connectivity index (χ0v) is 20.0. The van der Waals surface area contributed by atoms with Gasteiger partial charge in [-0.3, -0.25) is 19.0 Å². The number of hydrogen-bond donors (Lipinski definition) is 4. The zero-order chi connectivity index (χ0) is 25.3. The maximum Gasteiger partial charge on any atom is 0.352 e. The molecule has 186 valence electrons. The number of carboxylic acid groups (broad SMARTS) is 1. The van der Waals surface area contributed by atoms with E-state index in [1.165, 1.54) is 11.8 Å². The van der Waals surface area contributed by atoms with Gasteiger partial charge in [-0.05, 0) is 11.1 Å². The lowest BCUT2D eigenvalue weighted by molar-refractivity contribution is -0.151. The fourth-order valence-electron chi connectivity index (χ4n) is 3.47. The number of nitrogens with zero attached hydrogens (tertiary/aromatic N) is 3. The van der Waals surface area contributed by atoms with Gasteiger partial charge in [-0.2, -0.15) is 8.42 Å². The topological polar surface area (TPSA) is 200 Å². The number of hydrogen-bond acceptors (Lipinski definition) is 11. The van der Waals surface area contributed by atoms with Gasteiger partial charge >= 0.3 is 5.97 Å². The molecule has 2 amide bonds. The van der Waals surface area contributed by atoms with Crippen LogP contribution >= 0.6 is 23.5 Å². The molecule has 2 aromatic rings. The SMILES string of the molecule is O=C(O)C1=C(CSc2nnc(CS(=O)(=O)O)o2)CS[C@H]2C(NC(=O)C(O)c3ccccc3)C(=O)N12. The van der Waals surface area contributed by atoms with Crippen LogP contribution < -0.4 is 5.32 Å². The molecule has 1 saturated heterocycles. The highest BCUT2D eigenvalue weighted by Gasteiger charge is 2.54. The number of aliphatic hydroxyl groups excluding tert-OH is 1. The highest BCUT2D eigenvalue weighted by molar-refractivity contribution is 8.01. The van der Waals surface area contributed by atoms with Gasteiger partial charge in [0.1, 0.15) is 17.1 Å². The average molecular weight is 543 g/mol. The summed E-state index contributed by atoms with van der Waals surface area (Å²) >= 11 is 2.19. The van der Waals surface area contributed by atoms with E-state index in [4.69, 9.17) is 8.97 Å². The summed E-state index contributed by atoms with van der Waals surface area (Å²) in [5.41, 5.74) is 0.523. The molecule has 2 aliphatic rings. The normalized spacial score (nSPS) is 20.7. The standard InChI is InChI=1S/C19H18N4O9S3/c24-14(9-4-2-1-3-5-9)15(25)20-12-16(26)23-13(18(27)28)10(6-33-17(12)23)7-34-19-22-21-11(32-19)8-35(29,30)31/h1-5,12,14,17,24H,6-8H2,(H,20,25)(H,27,28)(H,29,30,31)/t12?,14?,17-/m0/s1. The molecule has 0 aliphatic carbocycles. The van der Waals surface area contributed by atoms with Gasteiger partial charge < -0.3 is 19.9 Å². The maximum atomic E-state index is 12.8. The first-order valence-electron chi connectivity index (χ1n) is 9.89. The first kappa shape index (κ1) is 25.2. The molecule has 0 spiro atoms. The number of β-lactam (4-membered cyclic amide) rings is 1. The second-order valence-corrected chi connectivity index (χ2v) is 10.9. The van der Waals surface area contributed by atoms with Crippen molar-refractivity contribution in [2.24, 2.45) is 0 Å². The van der Waals surface area contributed by atoms with Gasteiger partial charge in [-0.1, -0.05) is 42.1 Å². The molecule has 2 unspecified atom stereocenters. The number of thioether (sulfide) groups is 2. The van der Waals surface area contributed by atoms with E-state index in [9.17, 15) is 33.0 Å². The van der Waals surface area contributed by atoms with Crippen LogP contribution in [0.1, 0.15) is 17.6 Å². The Morgan fingerprint density at radius 3 is 2.66 bits per heavy atom. The number of carbonyl (C=O) groups is 3. The minimum Gasteiger partial charge on any atom is -0.477 e. The van der Waals surface area contributed by atoms with Crippen LogP contribution in [0.15, 0.2) is 51.2 Å². The third kappa shape index (κ3) is 5.51. The molecule has 1 aromatic carbocycles. The van der Waals surface area contributed by atoms with E-state index in [-0.39, 0.29) is 28.3 Å². The van der Waals surface area contributed by atoms with Crippen molar-refractivity contribution in [2.45, 2.75) is 28.5 Å². The second-order valence-electron chi connectivity index (χ2n) is 7.44. The molecule has 2 aliphatic heterocycles. The van der Waals surface area contributed by atoms with Crippen molar-refractivity contribution in [1.82, 2.24) is 20.4 Å². The Labute approximate surface area is 206 Å². The Morgan fingerprint density at radius 2 is 2.00 bits per heavy atom. The summed E-state index contributed by atoms with van der Waals surface area (Å²) in [7, 11) is -4.35. The van der Waals surface area contributed by atoms with Gasteiger partial charge in [0.25, 0.3) is 27.2 Å². The smallest absolute Gasteiger partial charge is 0.352 e. The molecule has 35 heavy (non-hydrogen) atoms. The predicted octanol–water partition coefficient (Wildman–Crippen LogP) is 0.0217. The minimum absolute atomic E-state index is 0.0389. The van der Waals surface area contributed by atoms with Crippen LogP contribution in [0, 0.1) is 0 Å². The molecular weight excluding hydrogens is 524 g/mol. The summed E-state index contributed by atoms with van der Waals surface area (Å²) in [5, 5.41) is 28.9. The third-order valence-corrected chi connectivity index (χ3v) is 7.89. The molecule has 0 bridgehead atoms. The molecule has 0 saturated carbocycles. The molecule has 3 atom stereocenters. The van der Waals surface area contributed by atoms with E-state index in [0.717, 1.165) is 16.7 Å². The second kappa shape index (κ2) is 9.98. The largest absolute Gasteiger partial charge is 0.477 e. The van der Waals surface area contributed by atoms with Crippen LogP contribution in [0.5, 0.6) is 0 Å². The number of nitrogens with one attached hydrogen (secondary N) is 1. The Kier molecular flexibility index (Phi) is 7.18. The van der Waals surface area contributed by atoms with Gasteiger partial charge in [-0.15, -0.1) is 22.0 Å². The number of aromatic nitrogens is 2. The maximum absolute atomic E-state index is 12.8. The summed E-state index contributed by atoms with van der Waals surface area (Å²) in [6.45, 7) is 0. The summed E-state index contributed by atoms with van der Waals surface area (Å²) in [4.78, 5) is 38.2. The Bertz CT molecular complexity index is 1300. The van der Waals surface area contributed by atoms with E-state index in [0.29, 0.717) is 11.1 Å². The summed E-state index contributed by atoms with van der Waals surface area (Å²) < 4.78 is 35.8. The van der Waals surface area contributed by atoms with Crippen molar-refractivity contribution in [3.05, 3.63) is 53.1 Å². The van der Waals surface area contributed by atoms with Crippen LogP contribution in [0.4, 0.5) is 0 Å². The van der Waals surface area contributed by atoms with E-state index in [2.05, 4.69) is 15.5 Å². The fraction of sp³-hybridized carbons (Fsp3) is 0.316. The monoisotopic (exact) mass is 542 g/mol. The Balaban J connectivity index is 1.43. The molecule has 1 aromatic heterocycles. The van der Waals surface area contributed by atoms with Crippen molar-refractivity contribution in [2.75, 3.05) is 11.5 Å². The fourth-order valence-corrected chi connectivity index (χ4v) is 6.17. The van der Waals surface area contributed by atoms with Gasteiger partial charge in [0.05, 0.1) is 0 Å². The average Bonchev–Trinajstić information content (AvgIpc) is 3.25. The molecule has 4 rings (SSSR count). The van der Waals surface area contributed by atoms with Crippen LogP contribution in [0.2, 0.25) is 0 Å². The Hall–Kier alpha value is -2.92. The summed E-state index contributed by atoms with van der Waals surface area (Å²) in [6.07, 6.45) is -1.48. The van der Waals surface area contributed by atoms with Crippen LogP contribution in [0.3, 0.4) is 0 Å². The van der Waals surface area contributed by atoms with Gasteiger partial charge in [-0.25, -0.2) is 4.79 Å². The summed E-state index contributed by atoms with van der Waals surface area (Å²) in [5.74, 6) is -3.61. The number of rotatable bonds is 9. The number of aliphatic hydroxyl groups is 1. The van der Waals surface area contributed by atoms with E-state index in [1.54, 1.807) is 30.3 Å². The van der Waals surface area contributed by atoms with Crippen molar-refractivity contribution in [3.8, 4) is 0 Å². The number of aliphatic carboxylic acids is 1. The van der Waals surface area contributed by atoms with Crippen LogP contribution in [0.25, 0.3) is 0 Å². The van der Waals surface area contributed by atoms with E-state index < -0.39 is 51.2 Å². The van der Waals surface area contributed by atoms with E-state index >= 15 is 0 Å². The first-order valence-corrected chi connectivity index (χ1v) is 13.5. The number of carboxylic acids is 1. The van der Waals surface area contributed by atoms with Gasteiger partial charge in [0.15, 0.2) is 11.9 Å². The highest BCUT2D eigenvalue weighted by atomic mass is 32.2. The summed E-state index contributed by atoms with van der Waals surface area (Å²) in [6, 6.07) is 7.19. The Morgan fingerprint density at radius 1 is 1.29 bits per heavy atom. The quantitative estimate of drug-likeness (QED) is 0.188. The van der Waals surface area contributed by atoms with Crippen molar-refractivity contribution in [1.29, 1.82) is 0 Å². The first-order chi connectivity index (χ1) is 16.5. The highest BCUT2D eigenvalue weighted by Crippen LogP contribution is 2.41. The zero-order valence-electron chi connectivity index (χ0n) is 17.6. The predicted molar refractivity (Wildman–Crippen MR) is 121 cm³/mol. The number of carbonyl (C=O) groups excluding carboxylic acids is 2. The number of benzene rings is 1. The molecular formula is C19H18N4O9S3. The number of amides is 2. The van der Waals surface area contributed by atoms with Crippen LogP contribution in [-0.2, 0) is 30.3 Å². The molecule has 16 heteroatoms. The molecule has 1 fully saturated rings. The third-order valence-electron chi connectivity index (χ3n) is 5.04. The number of fused-ring (bicyclic) bond motifs is 1. The minimum atomic E-state index is -4.35. The molecule has 4 N–H and O–H groups in total. The lowest BCUT2D eigenvalue weighted by atomic mass is 10.0. The van der Waals surface area contributed by atoms with Gasteiger partial charge in [0.2, 0.25) is 5.89 Å². The van der Waals surface area contributed by atoms with Crippen molar-refractivity contribution < 1.29 is 42.0 Å². The van der Waals surface area contributed by atoms with Crippen molar-refractivity contribution in [3.63, 3.8) is 0 Å². The van der Waals surface area contributed by atoms with Gasteiger partial charge in [0, 0.05) is 11.5 Å². The molecule has 3 heterocycles. The molecule has 0 radical (unpaired) electrons. The lowest BCUT2D eigenvalue weighted by Gasteiger charge is -2.49.